The molecule has 0 aliphatic rings. The maximum Gasteiger partial charge on any atom is 0.190 e. The number of hydrogen-bond donors (Lipinski definition) is 0. The molecule has 0 heterocycles. The minimum absolute atomic E-state index is 0.154. The molecule has 1 rings (SSSR count). The molecule has 0 bridgehead atoms. The highest BCUT2D eigenvalue weighted by Gasteiger charge is 2.17. The molecule has 0 aliphatic heterocycles. The Morgan fingerprint density at radius 2 is 1.85 bits per heavy atom. The van der Waals surface area contributed by atoms with Gasteiger partial charge in [-0.3, -0.25) is 0 Å². The summed E-state index contributed by atoms with van der Waals surface area (Å²) < 4.78 is 43.4. The van der Waals surface area contributed by atoms with Gasteiger partial charge in [0.15, 0.2) is 17.4 Å². The molecular weight excluding hydrogens is 181 g/mol. The predicted octanol–water partition coefficient (Wildman–Crippen LogP) is 2.67. The van der Waals surface area contributed by atoms with E-state index >= 15 is 0 Å². The van der Waals surface area contributed by atoms with E-state index in [1.54, 1.807) is 6.92 Å². The third-order valence-electron chi connectivity index (χ3n) is 1.78. The largest absolute Gasteiger partial charge is 0.491 e. The van der Waals surface area contributed by atoms with Crippen molar-refractivity contribution in [3.8, 4) is 5.75 Å². The first-order valence-corrected chi connectivity index (χ1v) is 3.82. The summed E-state index contributed by atoms with van der Waals surface area (Å²) in [7, 11) is 1.14. The first-order valence-electron chi connectivity index (χ1n) is 3.82. The van der Waals surface area contributed by atoms with Crippen molar-refractivity contribution in [2.24, 2.45) is 0 Å². The van der Waals surface area contributed by atoms with Crippen LogP contribution in [0, 0.1) is 17.5 Å². The minimum Gasteiger partial charge on any atom is -0.491 e. The maximum atomic E-state index is 13.2. The normalized spacial score (nSPS) is 10.2. The average molecular weight is 190 g/mol. The molecular formula is C9H9F3O. The van der Waals surface area contributed by atoms with Crippen LogP contribution in [0.1, 0.15) is 12.5 Å². The smallest absolute Gasteiger partial charge is 0.190 e. The van der Waals surface area contributed by atoms with Crippen LogP contribution >= 0.6 is 0 Å². The van der Waals surface area contributed by atoms with Crippen LogP contribution in [0.25, 0.3) is 0 Å². The van der Waals surface area contributed by atoms with Crippen molar-refractivity contribution < 1.29 is 17.9 Å². The molecule has 0 spiro atoms. The van der Waals surface area contributed by atoms with Crippen LogP contribution in [0.2, 0.25) is 0 Å². The molecule has 0 fully saturated rings. The van der Waals surface area contributed by atoms with Crippen LogP contribution in [0.4, 0.5) is 13.2 Å². The van der Waals surface area contributed by atoms with Gasteiger partial charge in [0.1, 0.15) is 5.82 Å². The van der Waals surface area contributed by atoms with Gasteiger partial charge in [-0.25, -0.2) is 13.2 Å². The number of rotatable bonds is 2. The molecule has 0 radical (unpaired) electrons. The molecule has 13 heavy (non-hydrogen) atoms. The van der Waals surface area contributed by atoms with Crippen LogP contribution in [0.15, 0.2) is 6.07 Å². The van der Waals surface area contributed by atoms with Crippen molar-refractivity contribution in [3.63, 3.8) is 0 Å². The molecule has 0 unspecified atom stereocenters. The van der Waals surface area contributed by atoms with Crippen LogP contribution < -0.4 is 4.74 Å². The lowest BCUT2D eigenvalue weighted by atomic mass is 10.1. The molecule has 1 aromatic rings. The lowest BCUT2D eigenvalue weighted by molar-refractivity contribution is 0.353. The Labute approximate surface area is 74.1 Å². The Bertz CT molecular complexity index is 295. The van der Waals surface area contributed by atoms with E-state index in [0.29, 0.717) is 6.07 Å². The molecule has 0 saturated heterocycles. The third kappa shape index (κ3) is 1.61. The zero-order valence-corrected chi connectivity index (χ0v) is 7.33. The summed E-state index contributed by atoms with van der Waals surface area (Å²) in [6.07, 6.45) is 0.161. The Morgan fingerprint density at radius 1 is 1.23 bits per heavy atom. The van der Waals surface area contributed by atoms with Gasteiger partial charge in [-0.15, -0.1) is 0 Å². The van der Waals surface area contributed by atoms with E-state index in [0.717, 1.165) is 7.11 Å². The molecule has 0 aliphatic carbocycles. The van der Waals surface area contributed by atoms with Crippen LogP contribution in [-0.2, 0) is 6.42 Å². The van der Waals surface area contributed by atoms with E-state index < -0.39 is 23.2 Å². The SMILES string of the molecule is CCc1c(F)cc(F)c(OC)c1F. The molecule has 4 heteroatoms. The van der Waals surface area contributed by atoms with Crippen molar-refractivity contribution in [1.29, 1.82) is 0 Å². The van der Waals surface area contributed by atoms with Crippen molar-refractivity contribution in [2.75, 3.05) is 7.11 Å². The van der Waals surface area contributed by atoms with Crippen molar-refractivity contribution in [1.82, 2.24) is 0 Å². The molecule has 0 amide bonds. The fourth-order valence-corrected chi connectivity index (χ4v) is 1.12. The van der Waals surface area contributed by atoms with Gasteiger partial charge in [0.25, 0.3) is 0 Å². The van der Waals surface area contributed by atoms with Gasteiger partial charge < -0.3 is 4.74 Å². The minimum atomic E-state index is -1.02. The number of methoxy groups -OCH3 is 1. The molecule has 72 valence electrons. The number of hydrogen-bond acceptors (Lipinski definition) is 1. The quantitative estimate of drug-likeness (QED) is 0.696. The first kappa shape index (κ1) is 9.89. The second kappa shape index (κ2) is 3.68. The Morgan fingerprint density at radius 3 is 2.31 bits per heavy atom. The second-order valence-corrected chi connectivity index (χ2v) is 2.52. The monoisotopic (exact) mass is 190 g/mol. The van der Waals surface area contributed by atoms with Crippen molar-refractivity contribution in [3.05, 3.63) is 29.1 Å². The highest BCUT2D eigenvalue weighted by Crippen LogP contribution is 2.26. The maximum absolute atomic E-state index is 13.2. The molecule has 0 atom stereocenters. The van der Waals surface area contributed by atoms with Gasteiger partial charge in [0.2, 0.25) is 0 Å². The molecule has 0 aromatic heterocycles. The Kier molecular flexibility index (Phi) is 2.80. The molecule has 1 nitrogen and oxygen atoms in total. The molecule has 0 saturated carbocycles. The summed E-state index contributed by atoms with van der Waals surface area (Å²) >= 11 is 0. The second-order valence-electron chi connectivity index (χ2n) is 2.52. The van der Waals surface area contributed by atoms with Gasteiger partial charge in [-0.05, 0) is 6.42 Å². The summed E-state index contributed by atoms with van der Waals surface area (Å²) in [5.74, 6) is -3.38. The Balaban J connectivity index is 3.39. The fourth-order valence-electron chi connectivity index (χ4n) is 1.12. The lowest BCUT2D eigenvalue weighted by Gasteiger charge is -2.07. The van der Waals surface area contributed by atoms with E-state index in [-0.39, 0.29) is 12.0 Å². The van der Waals surface area contributed by atoms with E-state index in [9.17, 15) is 13.2 Å². The van der Waals surface area contributed by atoms with Gasteiger partial charge in [-0.1, -0.05) is 6.92 Å². The third-order valence-corrected chi connectivity index (χ3v) is 1.78. The van der Waals surface area contributed by atoms with Crippen molar-refractivity contribution >= 4 is 0 Å². The van der Waals surface area contributed by atoms with Gasteiger partial charge in [0, 0.05) is 11.6 Å². The van der Waals surface area contributed by atoms with E-state index in [2.05, 4.69) is 4.74 Å². The number of benzene rings is 1. The number of halogens is 3. The van der Waals surface area contributed by atoms with E-state index in [1.165, 1.54) is 0 Å². The molecule has 1 aromatic carbocycles. The van der Waals surface area contributed by atoms with Crippen LogP contribution in [-0.4, -0.2) is 7.11 Å². The summed E-state index contributed by atoms with van der Waals surface area (Å²) in [6, 6.07) is 0.626. The van der Waals surface area contributed by atoms with Gasteiger partial charge >= 0.3 is 0 Å². The van der Waals surface area contributed by atoms with Gasteiger partial charge in [-0.2, -0.15) is 0 Å². The standard InChI is InChI=1S/C9H9F3O/c1-3-5-6(10)4-7(11)9(13-2)8(5)12/h4H,3H2,1-2H3. The van der Waals surface area contributed by atoms with Crippen molar-refractivity contribution in [2.45, 2.75) is 13.3 Å². The van der Waals surface area contributed by atoms with Gasteiger partial charge in [0.05, 0.1) is 7.11 Å². The highest BCUT2D eigenvalue weighted by molar-refractivity contribution is 5.33. The summed E-state index contributed by atoms with van der Waals surface area (Å²) in [5, 5.41) is 0. The summed E-state index contributed by atoms with van der Waals surface area (Å²) in [5.41, 5.74) is -0.154. The summed E-state index contributed by atoms with van der Waals surface area (Å²) in [4.78, 5) is 0. The zero-order valence-electron chi connectivity index (χ0n) is 7.33. The first-order chi connectivity index (χ1) is 6.11. The van der Waals surface area contributed by atoms with E-state index in [1.807, 2.05) is 0 Å². The average Bonchev–Trinajstić information content (AvgIpc) is 2.04. The topological polar surface area (TPSA) is 9.23 Å². The summed E-state index contributed by atoms with van der Waals surface area (Å²) in [6.45, 7) is 1.58. The fraction of sp³-hybridized carbons (Fsp3) is 0.333. The highest BCUT2D eigenvalue weighted by atomic mass is 19.1. The van der Waals surface area contributed by atoms with Crippen LogP contribution in [0.3, 0.4) is 0 Å². The number of ether oxygens (including phenoxy) is 1. The molecule has 0 N–H and O–H groups in total. The lowest BCUT2D eigenvalue weighted by Crippen LogP contribution is -2.00. The Hall–Kier alpha value is -1.19. The predicted molar refractivity (Wildman–Crippen MR) is 42.2 cm³/mol. The van der Waals surface area contributed by atoms with E-state index in [4.69, 9.17) is 0 Å². The van der Waals surface area contributed by atoms with Crippen LogP contribution in [0.5, 0.6) is 5.75 Å². The zero-order chi connectivity index (χ0) is 10.0.